The smallest absolute Gasteiger partial charge is 0.253 e. The molecule has 0 unspecified atom stereocenters. The van der Waals surface area contributed by atoms with E-state index < -0.39 is 5.82 Å². The average molecular weight is 249 g/mol. The highest BCUT2D eigenvalue weighted by Crippen LogP contribution is 2.13. The zero-order chi connectivity index (χ0) is 13.1. The summed E-state index contributed by atoms with van der Waals surface area (Å²) < 4.78 is 17.7. The van der Waals surface area contributed by atoms with Gasteiger partial charge in [0.2, 0.25) is 0 Å². The predicted octanol–water partition coefficient (Wildman–Crippen LogP) is 1.63. The van der Waals surface area contributed by atoms with E-state index in [9.17, 15) is 9.18 Å². The van der Waals surface area contributed by atoms with Crippen LogP contribution >= 0.6 is 0 Å². The first-order chi connectivity index (χ1) is 8.56. The van der Waals surface area contributed by atoms with E-state index in [1.165, 1.54) is 12.1 Å². The highest BCUT2D eigenvalue weighted by molar-refractivity contribution is 5.99. The molecule has 94 valence electrons. The molecule has 1 heterocycles. The quantitative estimate of drug-likeness (QED) is 0.810. The van der Waals surface area contributed by atoms with Gasteiger partial charge in [-0.2, -0.15) is 0 Å². The SMILES string of the molecule is Cc1cc(CNC(=O)c2ccc(F)cc2N)no1. The van der Waals surface area contributed by atoms with Gasteiger partial charge in [-0.25, -0.2) is 4.39 Å². The summed E-state index contributed by atoms with van der Waals surface area (Å²) in [5, 5.41) is 6.36. The lowest BCUT2D eigenvalue weighted by atomic mass is 10.1. The molecule has 0 spiro atoms. The normalized spacial score (nSPS) is 10.3. The third kappa shape index (κ3) is 2.65. The fourth-order valence-electron chi connectivity index (χ4n) is 1.51. The van der Waals surface area contributed by atoms with E-state index in [-0.39, 0.29) is 23.7 Å². The number of nitrogens with zero attached hydrogens (tertiary/aromatic N) is 1. The minimum Gasteiger partial charge on any atom is -0.398 e. The lowest BCUT2D eigenvalue weighted by Gasteiger charge is -2.05. The molecule has 0 aliphatic rings. The number of hydrogen-bond acceptors (Lipinski definition) is 4. The molecule has 3 N–H and O–H groups in total. The highest BCUT2D eigenvalue weighted by atomic mass is 19.1. The molecule has 1 aromatic carbocycles. The predicted molar refractivity (Wildman–Crippen MR) is 63.2 cm³/mol. The van der Waals surface area contributed by atoms with E-state index in [4.69, 9.17) is 10.3 Å². The molecule has 0 atom stereocenters. The van der Waals surface area contributed by atoms with E-state index in [0.29, 0.717) is 11.5 Å². The second-order valence-corrected chi connectivity index (χ2v) is 3.84. The first-order valence-electron chi connectivity index (χ1n) is 5.31. The summed E-state index contributed by atoms with van der Waals surface area (Å²) in [6.45, 7) is 1.99. The zero-order valence-electron chi connectivity index (χ0n) is 9.74. The van der Waals surface area contributed by atoms with Gasteiger partial charge < -0.3 is 15.6 Å². The minimum atomic E-state index is -0.476. The summed E-state index contributed by atoms with van der Waals surface area (Å²) >= 11 is 0. The highest BCUT2D eigenvalue weighted by Gasteiger charge is 2.10. The molecule has 2 rings (SSSR count). The molecule has 0 fully saturated rings. The van der Waals surface area contributed by atoms with Crippen molar-refractivity contribution in [2.24, 2.45) is 0 Å². The van der Waals surface area contributed by atoms with Crippen molar-refractivity contribution in [2.75, 3.05) is 5.73 Å². The van der Waals surface area contributed by atoms with Crippen molar-refractivity contribution < 1.29 is 13.7 Å². The fraction of sp³-hybridized carbons (Fsp3) is 0.167. The van der Waals surface area contributed by atoms with E-state index in [1.54, 1.807) is 13.0 Å². The van der Waals surface area contributed by atoms with Crippen LogP contribution in [-0.2, 0) is 6.54 Å². The molecule has 0 aliphatic carbocycles. The van der Waals surface area contributed by atoms with Gasteiger partial charge in [0.05, 0.1) is 12.1 Å². The Morgan fingerprint density at radius 1 is 1.50 bits per heavy atom. The molecular weight excluding hydrogens is 237 g/mol. The number of nitrogen functional groups attached to an aromatic ring is 1. The number of hydrogen-bond donors (Lipinski definition) is 2. The lowest BCUT2D eigenvalue weighted by Crippen LogP contribution is -2.24. The maximum absolute atomic E-state index is 12.8. The molecule has 0 aliphatic heterocycles. The number of aryl methyl sites for hydroxylation is 1. The van der Waals surface area contributed by atoms with Crippen LogP contribution in [0, 0.1) is 12.7 Å². The van der Waals surface area contributed by atoms with Crippen molar-refractivity contribution in [1.29, 1.82) is 0 Å². The number of amides is 1. The summed E-state index contributed by atoms with van der Waals surface area (Å²) in [6, 6.07) is 5.35. The number of carbonyl (C=O) groups excluding carboxylic acids is 1. The van der Waals surface area contributed by atoms with Crippen LogP contribution in [0.1, 0.15) is 21.8 Å². The Labute approximate surface area is 103 Å². The number of anilines is 1. The second-order valence-electron chi connectivity index (χ2n) is 3.84. The molecule has 6 heteroatoms. The molecular formula is C12H12FN3O2. The van der Waals surface area contributed by atoms with Gasteiger partial charge in [-0.3, -0.25) is 4.79 Å². The minimum absolute atomic E-state index is 0.101. The van der Waals surface area contributed by atoms with Crippen LogP contribution in [0.25, 0.3) is 0 Å². The number of aromatic nitrogens is 1. The van der Waals surface area contributed by atoms with Crippen LogP contribution in [-0.4, -0.2) is 11.1 Å². The monoisotopic (exact) mass is 249 g/mol. The second kappa shape index (κ2) is 4.87. The van der Waals surface area contributed by atoms with Crippen molar-refractivity contribution in [3.05, 3.63) is 47.1 Å². The Hall–Kier alpha value is -2.37. The van der Waals surface area contributed by atoms with Crippen molar-refractivity contribution in [2.45, 2.75) is 13.5 Å². The Morgan fingerprint density at radius 2 is 2.28 bits per heavy atom. The Morgan fingerprint density at radius 3 is 2.89 bits per heavy atom. The van der Waals surface area contributed by atoms with Crippen LogP contribution in [0.4, 0.5) is 10.1 Å². The van der Waals surface area contributed by atoms with Gasteiger partial charge in [0, 0.05) is 11.8 Å². The van der Waals surface area contributed by atoms with Crippen molar-refractivity contribution >= 4 is 11.6 Å². The lowest BCUT2D eigenvalue weighted by molar-refractivity contribution is 0.0951. The Bertz CT molecular complexity index is 580. The van der Waals surface area contributed by atoms with Crippen LogP contribution in [0.15, 0.2) is 28.8 Å². The zero-order valence-corrected chi connectivity index (χ0v) is 9.74. The molecule has 0 radical (unpaired) electrons. The average Bonchev–Trinajstić information content (AvgIpc) is 2.72. The Balaban J connectivity index is 2.03. The van der Waals surface area contributed by atoms with Gasteiger partial charge in [-0.05, 0) is 25.1 Å². The van der Waals surface area contributed by atoms with Crippen molar-refractivity contribution in [1.82, 2.24) is 10.5 Å². The summed E-state index contributed by atoms with van der Waals surface area (Å²) in [6.07, 6.45) is 0. The van der Waals surface area contributed by atoms with Gasteiger partial charge in [0.1, 0.15) is 17.3 Å². The first kappa shape index (κ1) is 12.1. The van der Waals surface area contributed by atoms with E-state index >= 15 is 0 Å². The third-order valence-corrected chi connectivity index (χ3v) is 2.37. The topological polar surface area (TPSA) is 81.2 Å². The maximum atomic E-state index is 12.8. The maximum Gasteiger partial charge on any atom is 0.253 e. The summed E-state index contributed by atoms with van der Waals surface area (Å²) in [5.41, 5.74) is 6.51. The standard InChI is InChI=1S/C12H12FN3O2/c1-7-4-9(16-18-7)6-15-12(17)10-3-2-8(13)5-11(10)14/h2-5H,6,14H2,1H3,(H,15,17). The number of nitrogens with one attached hydrogen (secondary N) is 1. The molecule has 18 heavy (non-hydrogen) atoms. The number of carbonyl (C=O) groups is 1. The van der Waals surface area contributed by atoms with Gasteiger partial charge in [-0.15, -0.1) is 0 Å². The molecule has 1 aromatic heterocycles. The van der Waals surface area contributed by atoms with Crippen LogP contribution in [0.3, 0.4) is 0 Å². The number of benzene rings is 1. The van der Waals surface area contributed by atoms with Crippen molar-refractivity contribution in [3.63, 3.8) is 0 Å². The largest absolute Gasteiger partial charge is 0.398 e. The van der Waals surface area contributed by atoms with Gasteiger partial charge in [0.15, 0.2) is 0 Å². The first-order valence-corrected chi connectivity index (χ1v) is 5.31. The fourth-order valence-corrected chi connectivity index (χ4v) is 1.51. The van der Waals surface area contributed by atoms with E-state index in [0.717, 1.165) is 6.07 Å². The van der Waals surface area contributed by atoms with Gasteiger partial charge in [0.25, 0.3) is 5.91 Å². The third-order valence-electron chi connectivity index (χ3n) is 2.37. The molecule has 1 amide bonds. The molecule has 2 aromatic rings. The molecule has 0 saturated heterocycles. The number of nitrogens with two attached hydrogens (primary N) is 1. The van der Waals surface area contributed by atoms with Crippen LogP contribution < -0.4 is 11.1 Å². The van der Waals surface area contributed by atoms with Gasteiger partial charge >= 0.3 is 0 Å². The molecule has 0 saturated carbocycles. The van der Waals surface area contributed by atoms with Gasteiger partial charge in [-0.1, -0.05) is 5.16 Å². The number of halogens is 1. The van der Waals surface area contributed by atoms with E-state index in [2.05, 4.69) is 10.5 Å². The van der Waals surface area contributed by atoms with Crippen LogP contribution in [0.2, 0.25) is 0 Å². The van der Waals surface area contributed by atoms with Crippen molar-refractivity contribution in [3.8, 4) is 0 Å². The summed E-state index contributed by atoms with van der Waals surface area (Å²) in [4.78, 5) is 11.8. The summed E-state index contributed by atoms with van der Waals surface area (Å²) in [5.74, 6) is -0.190. The summed E-state index contributed by atoms with van der Waals surface area (Å²) in [7, 11) is 0. The number of rotatable bonds is 3. The Kier molecular flexibility index (Phi) is 3.27. The van der Waals surface area contributed by atoms with Crippen LogP contribution in [0.5, 0.6) is 0 Å². The van der Waals surface area contributed by atoms with E-state index in [1.807, 2.05) is 0 Å². The molecule has 5 nitrogen and oxygen atoms in total. The molecule has 0 bridgehead atoms.